The van der Waals surface area contributed by atoms with Crippen LogP contribution >= 0.6 is 11.3 Å². The van der Waals surface area contributed by atoms with E-state index in [2.05, 4.69) is 10.6 Å². The van der Waals surface area contributed by atoms with Crippen LogP contribution in [0.15, 0.2) is 24.3 Å². The number of nitrogens with two attached hydrogens (primary N) is 1. The first-order chi connectivity index (χ1) is 12.6. The zero-order valence-corrected chi connectivity index (χ0v) is 15.3. The number of benzene rings is 1. The predicted molar refractivity (Wildman–Crippen MR) is 99.9 cm³/mol. The van der Waals surface area contributed by atoms with Gasteiger partial charge in [0, 0.05) is 11.4 Å². The molecule has 4 N–H and O–H groups in total. The van der Waals surface area contributed by atoms with Crippen LogP contribution in [0.1, 0.15) is 26.4 Å². The number of anilines is 1. The van der Waals surface area contributed by atoms with Crippen LogP contribution < -0.4 is 21.1 Å². The largest absolute Gasteiger partial charge is 0.497 e. The van der Waals surface area contributed by atoms with Gasteiger partial charge in [0.2, 0.25) is 0 Å². The maximum absolute atomic E-state index is 12.2. The van der Waals surface area contributed by atoms with Crippen molar-refractivity contribution < 1.29 is 19.1 Å². The highest BCUT2D eigenvalue weighted by molar-refractivity contribution is 7.17. The Hall–Kier alpha value is -2.58. The van der Waals surface area contributed by atoms with Crippen molar-refractivity contribution in [2.24, 2.45) is 5.73 Å². The molecule has 3 rings (SSSR count). The van der Waals surface area contributed by atoms with Crippen molar-refractivity contribution >= 4 is 28.3 Å². The smallest absolute Gasteiger partial charge is 0.319 e. The Morgan fingerprint density at radius 3 is 2.77 bits per heavy atom. The average molecular weight is 375 g/mol. The van der Waals surface area contributed by atoms with Gasteiger partial charge in [-0.3, -0.25) is 10.1 Å². The molecule has 0 saturated heterocycles. The van der Waals surface area contributed by atoms with Gasteiger partial charge in [0.05, 0.1) is 25.9 Å². The van der Waals surface area contributed by atoms with Crippen molar-refractivity contribution in [3.63, 3.8) is 0 Å². The van der Waals surface area contributed by atoms with Gasteiger partial charge in [-0.05, 0) is 36.1 Å². The molecule has 1 aromatic heterocycles. The summed E-state index contributed by atoms with van der Waals surface area (Å²) in [7, 11) is 1.62. The SMILES string of the molecule is COc1ccc(CCNC(=O)Nc2sc3c(c2C(N)=O)CCOC3)cc1. The van der Waals surface area contributed by atoms with Gasteiger partial charge in [0.1, 0.15) is 10.8 Å². The van der Waals surface area contributed by atoms with E-state index < -0.39 is 5.91 Å². The lowest BCUT2D eigenvalue weighted by atomic mass is 10.1. The van der Waals surface area contributed by atoms with Crippen LogP contribution in [0.2, 0.25) is 0 Å². The van der Waals surface area contributed by atoms with Crippen molar-refractivity contribution in [1.82, 2.24) is 5.32 Å². The van der Waals surface area contributed by atoms with Gasteiger partial charge in [-0.2, -0.15) is 0 Å². The predicted octanol–water partition coefficient (Wildman–Crippen LogP) is 2.29. The second-order valence-corrected chi connectivity index (χ2v) is 6.96. The van der Waals surface area contributed by atoms with E-state index in [1.165, 1.54) is 11.3 Å². The lowest BCUT2D eigenvalue weighted by molar-refractivity contribution is 0.0991. The normalized spacial score (nSPS) is 13.0. The summed E-state index contributed by atoms with van der Waals surface area (Å²) in [4.78, 5) is 24.9. The minimum Gasteiger partial charge on any atom is -0.497 e. The van der Waals surface area contributed by atoms with Crippen LogP contribution in [0.4, 0.5) is 9.80 Å². The summed E-state index contributed by atoms with van der Waals surface area (Å²) in [6.07, 6.45) is 1.32. The van der Waals surface area contributed by atoms with E-state index in [1.807, 2.05) is 24.3 Å². The molecule has 138 valence electrons. The number of urea groups is 1. The molecule has 0 bridgehead atoms. The highest BCUT2D eigenvalue weighted by atomic mass is 32.1. The fourth-order valence-electron chi connectivity index (χ4n) is 2.84. The van der Waals surface area contributed by atoms with Crippen molar-refractivity contribution in [1.29, 1.82) is 0 Å². The lowest BCUT2D eigenvalue weighted by Gasteiger charge is -2.12. The molecule has 0 spiro atoms. The number of hydrogen-bond acceptors (Lipinski definition) is 5. The third-order valence-corrected chi connectivity index (χ3v) is 5.27. The molecule has 2 aromatic rings. The first-order valence-electron chi connectivity index (χ1n) is 8.28. The first-order valence-corrected chi connectivity index (χ1v) is 9.10. The number of nitrogens with one attached hydrogen (secondary N) is 2. The summed E-state index contributed by atoms with van der Waals surface area (Å²) in [5.41, 5.74) is 7.89. The van der Waals surface area contributed by atoms with Gasteiger partial charge >= 0.3 is 6.03 Å². The standard InChI is InChI=1S/C18H21N3O4S/c1-24-12-4-2-11(3-5-12)6-8-20-18(23)21-17-15(16(19)22)13-7-9-25-10-14(13)26-17/h2-5H,6-10H2,1H3,(H2,19,22)(H2,20,21,23). The minimum atomic E-state index is -0.530. The molecule has 0 radical (unpaired) electrons. The van der Waals surface area contributed by atoms with Crippen molar-refractivity contribution in [2.75, 3.05) is 25.6 Å². The molecule has 3 amide bonds. The first kappa shape index (κ1) is 18.2. The molecular formula is C18H21N3O4S. The van der Waals surface area contributed by atoms with E-state index in [9.17, 15) is 9.59 Å². The molecule has 8 heteroatoms. The summed E-state index contributed by atoms with van der Waals surface area (Å²) < 4.78 is 10.5. The molecule has 26 heavy (non-hydrogen) atoms. The van der Waals surface area contributed by atoms with E-state index in [4.69, 9.17) is 15.2 Å². The second kappa shape index (κ2) is 8.20. The van der Waals surface area contributed by atoms with Crippen LogP contribution in [0.3, 0.4) is 0 Å². The summed E-state index contributed by atoms with van der Waals surface area (Å²) in [6.45, 7) is 1.47. The van der Waals surface area contributed by atoms with Crippen molar-refractivity contribution in [3.8, 4) is 5.75 Å². The summed E-state index contributed by atoms with van der Waals surface area (Å²) in [6, 6.07) is 7.31. The van der Waals surface area contributed by atoms with E-state index in [0.29, 0.717) is 43.2 Å². The topological polar surface area (TPSA) is 103 Å². The fourth-order valence-corrected chi connectivity index (χ4v) is 4.03. The Kier molecular flexibility index (Phi) is 5.75. The number of rotatable bonds is 6. The van der Waals surface area contributed by atoms with Gasteiger partial charge in [0.15, 0.2) is 0 Å². The number of primary amides is 1. The number of thiophene rings is 1. The highest BCUT2D eigenvalue weighted by Crippen LogP contribution is 2.36. The van der Waals surface area contributed by atoms with Crippen LogP contribution in [-0.2, 0) is 24.2 Å². The zero-order chi connectivity index (χ0) is 18.5. The molecule has 2 heterocycles. The van der Waals surface area contributed by atoms with E-state index in [0.717, 1.165) is 21.8 Å². The Balaban J connectivity index is 1.58. The van der Waals surface area contributed by atoms with Crippen molar-refractivity contribution in [3.05, 3.63) is 45.8 Å². The summed E-state index contributed by atoms with van der Waals surface area (Å²) in [5, 5.41) is 6.02. The number of amides is 3. The van der Waals surface area contributed by atoms with Crippen LogP contribution in [0.5, 0.6) is 5.75 Å². The maximum Gasteiger partial charge on any atom is 0.319 e. The third kappa shape index (κ3) is 4.14. The molecule has 0 saturated carbocycles. The molecule has 0 fully saturated rings. The molecule has 1 aliphatic heterocycles. The summed E-state index contributed by atoms with van der Waals surface area (Å²) >= 11 is 1.34. The van der Waals surface area contributed by atoms with Gasteiger partial charge in [-0.25, -0.2) is 4.79 Å². The third-order valence-electron chi connectivity index (χ3n) is 4.15. The molecule has 0 atom stereocenters. The number of carbonyl (C=O) groups excluding carboxylic acids is 2. The number of carbonyl (C=O) groups is 2. The van der Waals surface area contributed by atoms with Crippen LogP contribution in [-0.4, -0.2) is 32.2 Å². The van der Waals surface area contributed by atoms with E-state index in [1.54, 1.807) is 7.11 Å². The molecular weight excluding hydrogens is 354 g/mol. The number of hydrogen-bond donors (Lipinski definition) is 3. The quantitative estimate of drug-likeness (QED) is 0.721. The molecule has 7 nitrogen and oxygen atoms in total. The molecule has 0 aliphatic carbocycles. The Morgan fingerprint density at radius 1 is 1.31 bits per heavy atom. The van der Waals surface area contributed by atoms with Gasteiger partial charge in [-0.1, -0.05) is 12.1 Å². The number of methoxy groups -OCH3 is 1. The van der Waals surface area contributed by atoms with Gasteiger partial charge in [0.25, 0.3) is 5.91 Å². The molecule has 1 aliphatic rings. The average Bonchev–Trinajstić information content (AvgIpc) is 3.00. The fraction of sp³-hybridized carbons (Fsp3) is 0.333. The summed E-state index contributed by atoms with van der Waals surface area (Å²) in [5.74, 6) is 0.266. The van der Waals surface area contributed by atoms with Gasteiger partial charge < -0.3 is 20.5 Å². The Labute approximate surface area is 155 Å². The monoisotopic (exact) mass is 375 g/mol. The maximum atomic E-state index is 12.2. The van der Waals surface area contributed by atoms with Crippen LogP contribution in [0, 0.1) is 0 Å². The van der Waals surface area contributed by atoms with Gasteiger partial charge in [-0.15, -0.1) is 11.3 Å². The van der Waals surface area contributed by atoms with Crippen molar-refractivity contribution in [2.45, 2.75) is 19.4 Å². The highest BCUT2D eigenvalue weighted by Gasteiger charge is 2.25. The minimum absolute atomic E-state index is 0.361. The van der Waals surface area contributed by atoms with Crippen LogP contribution in [0.25, 0.3) is 0 Å². The molecule has 1 aromatic carbocycles. The lowest BCUT2D eigenvalue weighted by Crippen LogP contribution is -2.31. The number of ether oxygens (including phenoxy) is 2. The Bertz CT molecular complexity index is 802. The van der Waals surface area contributed by atoms with E-state index >= 15 is 0 Å². The van der Waals surface area contributed by atoms with E-state index in [-0.39, 0.29) is 6.03 Å². The second-order valence-electron chi connectivity index (χ2n) is 5.85. The number of fused-ring (bicyclic) bond motifs is 1. The Morgan fingerprint density at radius 2 is 2.08 bits per heavy atom. The zero-order valence-electron chi connectivity index (χ0n) is 14.5. The molecule has 0 unspecified atom stereocenters.